The van der Waals surface area contributed by atoms with Crippen molar-refractivity contribution < 1.29 is 20.1 Å². The smallest absolute Gasteiger partial charge is 0.217 e. The van der Waals surface area contributed by atoms with Crippen molar-refractivity contribution in [2.45, 2.75) is 19.4 Å². The Morgan fingerprint density at radius 2 is 1.94 bits per heavy atom. The maximum Gasteiger partial charge on any atom is 0.217 e. The number of nitrogens with two attached hydrogens (primary N) is 1. The second-order valence-electron chi connectivity index (χ2n) is 3.69. The van der Waals surface area contributed by atoms with Gasteiger partial charge in [0.05, 0.1) is 0 Å². The van der Waals surface area contributed by atoms with Crippen molar-refractivity contribution in [3.63, 3.8) is 0 Å². The summed E-state index contributed by atoms with van der Waals surface area (Å²) >= 11 is 0. The highest BCUT2D eigenvalue weighted by atomic mass is 16.3. The lowest BCUT2D eigenvalue weighted by Crippen LogP contribution is -2.18. The van der Waals surface area contributed by atoms with E-state index in [1.165, 1.54) is 12.1 Å². The van der Waals surface area contributed by atoms with Crippen molar-refractivity contribution >= 4 is 5.91 Å². The van der Waals surface area contributed by atoms with Gasteiger partial charge in [0.15, 0.2) is 11.5 Å². The SMILES string of the molecule is NC(=O)CCCNCc1ccc(O)c(O)c1O. The minimum absolute atomic E-state index is 0.305. The Balaban J connectivity index is 2.42. The summed E-state index contributed by atoms with van der Waals surface area (Å²) in [6.07, 6.45) is 0.917. The van der Waals surface area contributed by atoms with Crippen LogP contribution in [0, 0.1) is 0 Å². The van der Waals surface area contributed by atoms with Gasteiger partial charge in [-0.15, -0.1) is 0 Å². The second-order valence-corrected chi connectivity index (χ2v) is 3.69. The van der Waals surface area contributed by atoms with Crippen LogP contribution in [0.2, 0.25) is 0 Å². The van der Waals surface area contributed by atoms with Gasteiger partial charge in [-0.2, -0.15) is 0 Å². The predicted molar refractivity (Wildman–Crippen MR) is 61.6 cm³/mol. The molecule has 0 aliphatic carbocycles. The number of carbonyl (C=O) groups is 1. The molecular weight excluding hydrogens is 224 g/mol. The van der Waals surface area contributed by atoms with Gasteiger partial charge in [0.25, 0.3) is 0 Å². The number of aromatic hydroxyl groups is 3. The van der Waals surface area contributed by atoms with Gasteiger partial charge >= 0.3 is 0 Å². The number of benzene rings is 1. The first-order chi connectivity index (χ1) is 8.02. The van der Waals surface area contributed by atoms with Crippen LogP contribution in [0.3, 0.4) is 0 Å². The Kier molecular flexibility index (Phi) is 4.59. The summed E-state index contributed by atoms with van der Waals surface area (Å²) in [5.41, 5.74) is 5.45. The number of amides is 1. The van der Waals surface area contributed by atoms with Gasteiger partial charge in [0.2, 0.25) is 11.7 Å². The summed E-state index contributed by atoms with van der Waals surface area (Å²) in [5.74, 6) is -1.58. The quantitative estimate of drug-likeness (QED) is 0.359. The average molecular weight is 240 g/mol. The summed E-state index contributed by atoms with van der Waals surface area (Å²) < 4.78 is 0. The van der Waals surface area contributed by atoms with Crippen LogP contribution in [-0.4, -0.2) is 27.8 Å². The molecule has 6 N–H and O–H groups in total. The fraction of sp³-hybridized carbons (Fsp3) is 0.364. The number of hydrogen-bond acceptors (Lipinski definition) is 5. The van der Waals surface area contributed by atoms with Crippen LogP contribution >= 0.6 is 0 Å². The molecule has 94 valence electrons. The molecule has 0 aliphatic rings. The van der Waals surface area contributed by atoms with Crippen molar-refractivity contribution in [2.24, 2.45) is 5.73 Å². The summed E-state index contributed by atoms with van der Waals surface area (Å²) in [6, 6.07) is 2.81. The van der Waals surface area contributed by atoms with Crippen LogP contribution in [0.4, 0.5) is 0 Å². The van der Waals surface area contributed by atoms with Gasteiger partial charge in [-0.05, 0) is 19.0 Å². The number of hydrogen-bond donors (Lipinski definition) is 5. The zero-order chi connectivity index (χ0) is 12.8. The van der Waals surface area contributed by atoms with E-state index < -0.39 is 5.75 Å². The fourth-order valence-electron chi connectivity index (χ4n) is 1.36. The normalized spacial score (nSPS) is 10.4. The molecule has 1 amide bonds. The van der Waals surface area contributed by atoms with Crippen LogP contribution in [-0.2, 0) is 11.3 Å². The standard InChI is InChI=1S/C11H16N2O4/c12-9(15)2-1-5-13-6-7-3-4-8(14)11(17)10(7)16/h3-4,13-14,16-17H,1-2,5-6H2,(H2,12,15). The number of primary amides is 1. The lowest BCUT2D eigenvalue weighted by Gasteiger charge is -2.08. The van der Waals surface area contributed by atoms with Crippen LogP contribution in [0.25, 0.3) is 0 Å². The number of phenolic OH excluding ortho intramolecular Hbond substituents is 3. The molecular formula is C11H16N2O4. The van der Waals surface area contributed by atoms with Gasteiger partial charge in [-0.25, -0.2) is 0 Å². The van der Waals surface area contributed by atoms with E-state index in [9.17, 15) is 15.0 Å². The molecule has 0 unspecified atom stereocenters. The highest BCUT2D eigenvalue weighted by Crippen LogP contribution is 2.36. The minimum Gasteiger partial charge on any atom is -0.504 e. The van der Waals surface area contributed by atoms with Gasteiger partial charge in [-0.3, -0.25) is 4.79 Å². The van der Waals surface area contributed by atoms with Gasteiger partial charge < -0.3 is 26.4 Å². The number of nitrogens with one attached hydrogen (secondary N) is 1. The Bertz CT molecular complexity index is 407. The van der Waals surface area contributed by atoms with E-state index in [2.05, 4.69) is 5.32 Å². The largest absolute Gasteiger partial charge is 0.504 e. The zero-order valence-corrected chi connectivity index (χ0v) is 9.31. The maximum absolute atomic E-state index is 10.5. The molecule has 0 bridgehead atoms. The van der Waals surface area contributed by atoms with Crippen molar-refractivity contribution in [3.05, 3.63) is 17.7 Å². The molecule has 1 aromatic carbocycles. The van der Waals surface area contributed by atoms with E-state index in [0.29, 0.717) is 31.5 Å². The van der Waals surface area contributed by atoms with Crippen LogP contribution < -0.4 is 11.1 Å². The molecule has 0 fully saturated rings. The minimum atomic E-state index is -0.526. The summed E-state index contributed by atoms with van der Waals surface area (Å²) in [6.45, 7) is 0.905. The van der Waals surface area contributed by atoms with E-state index in [0.717, 1.165) is 0 Å². The first kappa shape index (κ1) is 13.1. The van der Waals surface area contributed by atoms with E-state index in [4.69, 9.17) is 10.8 Å². The molecule has 6 nitrogen and oxygen atoms in total. The van der Waals surface area contributed by atoms with E-state index in [-0.39, 0.29) is 17.4 Å². The number of phenols is 3. The van der Waals surface area contributed by atoms with E-state index >= 15 is 0 Å². The molecule has 0 saturated heterocycles. The third-order valence-corrected chi connectivity index (χ3v) is 2.31. The van der Waals surface area contributed by atoms with E-state index in [1.54, 1.807) is 0 Å². The third-order valence-electron chi connectivity index (χ3n) is 2.31. The Morgan fingerprint density at radius 1 is 1.24 bits per heavy atom. The number of carbonyl (C=O) groups excluding carboxylic acids is 1. The van der Waals surface area contributed by atoms with Crippen LogP contribution in [0.5, 0.6) is 17.2 Å². The Hall–Kier alpha value is -1.95. The molecule has 1 rings (SSSR count). The first-order valence-electron chi connectivity index (χ1n) is 5.24. The molecule has 0 heterocycles. The molecule has 17 heavy (non-hydrogen) atoms. The molecule has 0 atom stereocenters. The first-order valence-corrected chi connectivity index (χ1v) is 5.24. The molecule has 0 radical (unpaired) electrons. The lowest BCUT2D eigenvalue weighted by atomic mass is 10.1. The monoisotopic (exact) mass is 240 g/mol. The summed E-state index contributed by atoms with van der Waals surface area (Å²) in [7, 11) is 0. The predicted octanol–water partition coefficient (Wildman–Crippen LogP) is 0.158. The molecule has 6 heteroatoms. The fourth-order valence-corrected chi connectivity index (χ4v) is 1.36. The molecule has 0 saturated carbocycles. The van der Waals surface area contributed by atoms with Crippen LogP contribution in [0.15, 0.2) is 12.1 Å². The average Bonchev–Trinajstić information content (AvgIpc) is 2.28. The van der Waals surface area contributed by atoms with Crippen molar-refractivity contribution in [1.29, 1.82) is 0 Å². The van der Waals surface area contributed by atoms with Crippen LogP contribution in [0.1, 0.15) is 18.4 Å². The Morgan fingerprint density at radius 3 is 2.59 bits per heavy atom. The summed E-state index contributed by atoms with van der Waals surface area (Å²) in [4.78, 5) is 10.5. The maximum atomic E-state index is 10.5. The van der Waals surface area contributed by atoms with Gasteiger partial charge in [0, 0.05) is 18.5 Å². The highest BCUT2D eigenvalue weighted by Gasteiger charge is 2.10. The van der Waals surface area contributed by atoms with Gasteiger partial charge in [0.1, 0.15) is 0 Å². The number of rotatable bonds is 6. The third kappa shape index (κ3) is 3.84. The lowest BCUT2D eigenvalue weighted by molar-refractivity contribution is -0.118. The second kappa shape index (κ2) is 5.95. The zero-order valence-electron chi connectivity index (χ0n) is 9.31. The topological polar surface area (TPSA) is 116 Å². The summed E-state index contributed by atoms with van der Waals surface area (Å²) in [5, 5.41) is 30.9. The molecule has 0 aromatic heterocycles. The molecule has 0 aliphatic heterocycles. The van der Waals surface area contributed by atoms with Crippen molar-refractivity contribution in [1.82, 2.24) is 5.32 Å². The Labute approximate surface area is 98.7 Å². The van der Waals surface area contributed by atoms with Crippen molar-refractivity contribution in [2.75, 3.05) is 6.54 Å². The van der Waals surface area contributed by atoms with Crippen molar-refractivity contribution in [3.8, 4) is 17.2 Å². The van der Waals surface area contributed by atoms with E-state index in [1.807, 2.05) is 0 Å². The van der Waals surface area contributed by atoms with Gasteiger partial charge in [-0.1, -0.05) is 6.07 Å². The highest BCUT2D eigenvalue weighted by molar-refractivity contribution is 5.73. The molecule has 1 aromatic rings. The molecule has 0 spiro atoms.